The van der Waals surface area contributed by atoms with Crippen LogP contribution >= 0.6 is 0 Å². The highest BCUT2D eigenvalue weighted by Gasteiger charge is 2.51. The van der Waals surface area contributed by atoms with Gasteiger partial charge in [-0.15, -0.1) is 0 Å². The molecule has 15 heteroatoms. The quantitative estimate of drug-likeness (QED) is 0.122. The number of imidazole rings is 2. The first-order valence-electron chi connectivity index (χ1n) is 20.0. The number of nitrogens with zero attached hydrogens (tertiary/aromatic N) is 5. The molecule has 0 radical (unpaired) electrons. The van der Waals surface area contributed by atoms with Crippen molar-refractivity contribution in [1.82, 2.24) is 40.4 Å². The highest BCUT2D eigenvalue weighted by molar-refractivity contribution is 5.91. The molecule has 4 amide bonds. The number of hydrogen-bond acceptors (Lipinski definition) is 9. The summed E-state index contributed by atoms with van der Waals surface area (Å²) in [6, 6.07) is 22.0. The fourth-order valence-electron chi connectivity index (χ4n) is 9.02. The predicted molar refractivity (Wildman–Crippen MR) is 218 cm³/mol. The third-order valence-corrected chi connectivity index (χ3v) is 12.1. The molecule has 6 atom stereocenters. The number of H-pyrrole nitrogens is 2. The van der Waals surface area contributed by atoms with Crippen molar-refractivity contribution in [3.8, 4) is 39.7 Å². The number of carbonyl (C=O) groups excluding carboxylic acids is 4. The minimum absolute atomic E-state index is 0.100. The lowest BCUT2D eigenvalue weighted by Crippen LogP contribution is -2.54. The summed E-state index contributed by atoms with van der Waals surface area (Å²) in [5, 5.41) is 16.9. The van der Waals surface area contributed by atoms with Crippen LogP contribution in [0.3, 0.4) is 0 Å². The lowest BCUT2D eigenvalue weighted by Gasteiger charge is -2.37. The minimum Gasteiger partial charge on any atom is -0.453 e. The summed E-state index contributed by atoms with van der Waals surface area (Å²) < 4.78 is 9.40. The summed E-state index contributed by atoms with van der Waals surface area (Å²) in [5.41, 5.74) is 5.71. The van der Waals surface area contributed by atoms with Crippen LogP contribution in [0.1, 0.15) is 63.3 Å². The SMILES string of the molecule is COC(=O)NCC(=O)N1CC(C#N)CC1c1ncc(-c2ccc3cc(-c4ccc(-c5cnc(C6C7CCC(C7)N6C(=O)C(NC(=O)OC)C(C)C)[nH]5)cc4)ccc3c2)[nH]1. The molecule has 2 aromatic heterocycles. The number of piperidine rings is 1. The Morgan fingerprint density at radius 3 is 2.15 bits per heavy atom. The van der Waals surface area contributed by atoms with Crippen molar-refractivity contribution in [1.29, 1.82) is 5.26 Å². The predicted octanol–water partition coefficient (Wildman–Crippen LogP) is 6.49. The van der Waals surface area contributed by atoms with Crippen molar-refractivity contribution in [2.45, 2.75) is 63.7 Å². The van der Waals surface area contributed by atoms with E-state index in [2.05, 4.69) is 91.0 Å². The topological polar surface area (TPSA) is 198 Å². The summed E-state index contributed by atoms with van der Waals surface area (Å²) in [7, 11) is 2.53. The molecule has 3 fully saturated rings. The van der Waals surface area contributed by atoms with Gasteiger partial charge in [0, 0.05) is 18.2 Å². The Balaban J connectivity index is 0.958. The highest BCUT2D eigenvalue weighted by atomic mass is 16.5. The fraction of sp³-hybridized carbons (Fsp3) is 0.386. The molecule has 59 heavy (non-hydrogen) atoms. The van der Waals surface area contributed by atoms with Crippen molar-refractivity contribution >= 4 is 34.8 Å². The van der Waals surface area contributed by atoms with E-state index in [-0.39, 0.29) is 48.8 Å². The van der Waals surface area contributed by atoms with E-state index in [1.165, 1.54) is 14.2 Å². The average Bonchev–Trinajstić information content (AvgIpc) is 4.12. The number of alkyl carbamates (subject to hydrolysis) is 2. The Bertz CT molecular complexity index is 2430. The Kier molecular flexibility index (Phi) is 10.8. The lowest BCUT2D eigenvalue weighted by molar-refractivity contribution is -0.139. The van der Waals surface area contributed by atoms with Crippen molar-refractivity contribution in [3.63, 3.8) is 0 Å². The molecule has 3 aromatic carbocycles. The maximum Gasteiger partial charge on any atom is 0.407 e. The number of aromatic amines is 2. The molecule has 2 bridgehead atoms. The zero-order valence-corrected chi connectivity index (χ0v) is 33.4. The van der Waals surface area contributed by atoms with Crippen molar-refractivity contribution in [2.24, 2.45) is 17.8 Å². The fourth-order valence-corrected chi connectivity index (χ4v) is 9.02. The number of carbonyl (C=O) groups is 4. The van der Waals surface area contributed by atoms with Crippen LogP contribution in [0.2, 0.25) is 0 Å². The van der Waals surface area contributed by atoms with Gasteiger partial charge in [-0.3, -0.25) is 9.59 Å². The molecule has 2 aliphatic heterocycles. The molecule has 3 aliphatic rings. The van der Waals surface area contributed by atoms with Gasteiger partial charge in [0.05, 0.1) is 62.1 Å². The number of rotatable bonds is 10. The number of fused-ring (bicyclic) bond motifs is 3. The molecular formula is C44H47N9O6. The van der Waals surface area contributed by atoms with Crippen LogP contribution in [0.15, 0.2) is 73.1 Å². The van der Waals surface area contributed by atoms with Gasteiger partial charge in [0.2, 0.25) is 11.8 Å². The molecule has 4 heterocycles. The summed E-state index contributed by atoms with van der Waals surface area (Å²) in [5.74, 6) is 0.785. The van der Waals surface area contributed by atoms with E-state index in [4.69, 9.17) is 9.72 Å². The first-order chi connectivity index (χ1) is 28.5. The zero-order chi connectivity index (χ0) is 41.4. The average molecular weight is 798 g/mol. The van der Waals surface area contributed by atoms with E-state index < -0.39 is 24.3 Å². The Hall–Kier alpha value is -6.69. The molecule has 1 aliphatic carbocycles. The number of hydrogen-bond donors (Lipinski definition) is 4. The number of likely N-dealkylation sites (tertiary alicyclic amines) is 2. The molecule has 0 spiro atoms. The van der Waals surface area contributed by atoms with Gasteiger partial charge < -0.3 is 39.9 Å². The third kappa shape index (κ3) is 7.70. The van der Waals surface area contributed by atoms with Gasteiger partial charge in [0.1, 0.15) is 24.2 Å². The summed E-state index contributed by atoms with van der Waals surface area (Å²) in [4.78, 5) is 70.4. The van der Waals surface area contributed by atoms with Crippen LogP contribution in [-0.2, 0) is 19.1 Å². The first kappa shape index (κ1) is 39.2. The molecule has 5 aromatic rings. The van der Waals surface area contributed by atoms with Gasteiger partial charge in [-0.25, -0.2) is 19.6 Å². The molecule has 2 saturated heterocycles. The van der Waals surface area contributed by atoms with Gasteiger partial charge in [0.15, 0.2) is 0 Å². The maximum atomic E-state index is 13.9. The second-order valence-corrected chi connectivity index (χ2v) is 16.0. The standard InChI is InChI=1S/C44H47N9O6/c1-24(2)38(51-44(57)59-4)42(55)53-33-14-13-32(18-33)39(53)41-47-20-34(50-41)27-7-5-26(6-8-27)28-9-10-30-17-31(12-11-29(30)16-28)35-21-46-40(49-35)36-15-25(19-45)23-52(36)37(54)22-48-43(56)58-3/h5-12,16-17,20-21,24-25,32-33,36,38-39H,13-15,18,22-23H2,1-4H3,(H,46,49)(H,47,50)(H,48,56)(H,51,57). The zero-order valence-electron chi connectivity index (χ0n) is 33.4. The van der Waals surface area contributed by atoms with Gasteiger partial charge >= 0.3 is 12.2 Å². The normalized spacial score (nSPS) is 21.4. The van der Waals surface area contributed by atoms with E-state index in [9.17, 15) is 24.4 Å². The second-order valence-electron chi connectivity index (χ2n) is 16.0. The van der Waals surface area contributed by atoms with E-state index in [0.29, 0.717) is 18.2 Å². The van der Waals surface area contributed by atoms with Crippen LogP contribution in [0.4, 0.5) is 9.59 Å². The van der Waals surface area contributed by atoms with E-state index in [1.54, 1.807) is 11.1 Å². The minimum atomic E-state index is -0.698. The number of nitriles is 1. The third-order valence-electron chi connectivity index (χ3n) is 12.1. The molecule has 6 unspecified atom stereocenters. The Labute approximate surface area is 341 Å². The van der Waals surface area contributed by atoms with Crippen molar-refractivity contribution < 1.29 is 28.7 Å². The highest BCUT2D eigenvalue weighted by Crippen LogP contribution is 2.50. The number of methoxy groups -OCH3 is 2. The largest absolute Gasteiger partial charge is 0.453 e. The Morgan fingerprint density at radius 2 is 1.46 bits per heavy atom. The monoisotopic (exact) mass is 797 g/mol. The molecule has 1 saturated carbocycles. The van der Waals surface area contributed by atoms with Gasteiger partial charge in [-0.05, 0) is 77.1 Å². The molecule has 8 rings (SSSR count). The van der Waals surface area contributed by atoms with Crippen LogP contribution in [0, 0.1) is 29.1 Å². The van der Waals surface area contributed by atoms with Crippen LogP contribution in [0.25, 0.3) is 44.4 Å². The maximum absolute atomic E-state index is 13.9. The van der Waals surface area contributed by atoms with E-state index in [1.807, 2.05) is 31.0 Å². The van der Waals surface area contributed by atoms with Gasteiger partial charge in [-0.2, -0.15) is 5.26 Å². The number of ether oxygens (including phenoxy) is 2. The second kappa shape index (κ2) is 16.3. The van der Waals surface area contributed by atoms with Crippen molar-refractivity contribution in [3.05, 3.63) is 84.7 Å². The molecular weight excluding hydrogens is 751 g/mol. The molecule has 304 valence electrons. The van der Waals surface area contributed by atoms with Crippen LogP contribution in [-0.4, -0.2) is 93.1 Å². The van der Waals surface area contributed by atoms with Gasteiger partial charge in [0.25, 0.3) is 0 Å². The summed E-state index contributed by atoms with van der Waals surface area (Å²) in [6.45, 7) is 3.86. The number of aromatic nitrogens is 4. The van der Waals surface area contributed by atoms with Crippen LogP contribution < -0.4 is 10.6 Å². The number of benzene rings is 3. The lowest BCUT2D eigenvalue weighted by atomic mass is 9.95. The summed E-state index contributed by atoms with van der Waals surface area (Å²) >= 11 is 0. The number of nitrogens with one attached hydrogen (secondary N) is 4. The Morgan fingerprint density at radius 1 is 0.831 bits per heavy atom. The van der Waals surface area contributed by atoms with Gasteiger partial charge in [-0.1, -0.05) is 62.4 Å². The molecule has 4 N–H and O–H groups in total. The van der Waals surface area contributed by atoms with Crippen molar-refractivity contribution in [2.75, 3.05) is 27.3 Å². The van der Waals surface area contributed by atoms with E-state index >= 15 is 0 Å². The van der Waals surface area contributed by atoms with E-state index in [0.717, 1.165) is 69.5 Å². The summed E-state index contributed by atoms with van der Waals surface area (Å²) in [6.07, 6.45) is 5.61. The first-order valence-corrected chi connectivity index (χ1v) is 20.0. The smallest absolute Gasteiger partial charge is 0.407 e. The number of amides is 4. The molecule has 15 nitrogen and oxygen atoms in total. The van der Waals surface area contributed by atoms with Crippen LogP contribution in [0.5, 0.6) is 0 Å².